The number of rotatable bonds is 8. The lowest BCUT2D eigenvalue weighted by Gasteiger charge is -2.43. The maximum absolute atomic E-state index is 13.5. The number of benzene rings is 1. The van der Waals surface area contributed by atoms with Gasteiger partial charge in [0, 0.05) is 60.3 Å². The predicted octanol–water partition coefficient (Wildman–Crippen LogP) is 3.95. The highest BCUT2D eigenvalue weighted by molar-refractivity contribution is 5.79. The van der Waals surface area contributed by atoms with Crippen molar-refractivity contribution in [3.63, 3.8) is 0 Å². The molecule has 206 valence electrons. The maximum atomic E-state index is 13.5. The van der Waals surface area contributed by atoms with Gasteiger partial charge in [-0.05, 0) is 72.0 Å². The Morgan fingerprint density at radius 3 is 2.73 bits per heavy atom. The monoisotopic (exact) mass is 540 g/mol. The van der Waals surface area contributed by atoms with Crippen molar-refractivity contribution in [3.8, 4) is 0 Å². The lowest BCUT2D eigenvalue weighted by atomic mass is 9.90. The van der Waals surface area contributed by atoms with E-state index in [9.17, 15) is 14.9 Å². The molecule has 2 fully saturated rings. The van der Waals surface area contributed by atoms with Gasteiger partial charge in [0.25, 0.3) is 0 Å². The summed E-state index contributed by atoms with van der Waals surface area (Å²) in [6, 6.07) is 15.5. The molecule has 10 heteroatoms. The molecule has 1 unspecified atom stereocenters. The molecule has 0 spiro atoms. The Balaban J connectivity index is 1.30. The van der Waals surface area contributed by atoms with E-state index < -0.39 is 4.92 Å². The Bertz CT molecular complexity index is 1580. The molecule has 2 aliphatic heterocycles. The van der Waals surface area contributed by atoms with E-state index in [2.05, 4.69) is 30.8 Å². The number of fused-ring (bicyclic) bond motifs is 1. The second-order valence-electron chi connectivity index (χ2n) is 10.6. The third kappa shape index (κ3) is 5.20. The Hall–Kier alpha value is -4.15. The summed E-state index contributed by atoms with van der Waals surface area (Å²) in [5.41, 5.74) is 4.70. The van der Waals surface area contributed by atoms with Crippen molar-refractivity contribution in [2.45, 2.75) is 50.9 Å². The van der Waals surface area contributed by atoms with Gasteiger partial charge < -0.3 is 29.6 Å². The number of para-hydroxylation sites is 1. The molecule has 1 N–H and O–H groups in total. The van der Waals surface area contributed by atoms with E-state index in [0.717, 1.165) is 53.7 Å². The molecule has 2 aliphatic rings. The first-order valence-electron chi connectivity index (χ1n) is 13.7. The van der Waals surface area contributed by atoms with Gasteiger partial charge in [-0.25, -0.2) is 0 Å². The molecule has 0 saturated carbocycles. The van der Waals surface area contributed by atoms with Crippen LogP contribution in [0.2, 0.25) is 0 Å². The van der Waals surface area contributed by atoms with Crippen LogP contribution in [0.15, 0.2) is 71.9 Å². The SMILES string of the molecule is Cc1cc(CC2[C@@H](NCc3cn(C4COC4)c4ccccc4c3=O)CCCN2c2ccc([N+](=O)[O-])nc2)ccn1. The molecule has 3 aromatic heterocycles. The summed E-state index contributed by atoms with van der Waals surface area (Å²) in [4.78, 5) is 34.9. The van der Waals surface area contributed by atoms with Gasteiger partial charge in [-0.15, -0.1) is 0 Å². The van der Waals surface area contributed by atoms with E-state index in [0.29, 0.717) is 19.8 Å². The van der Waals surface area contributed by atoms with Crippen LogP contribution < -0.4 is 15.6 Å². The van der Waals surface area contributed by atoms with Gasteiger partial charge in [0.05, 0.1) is 30.5 Å². The molecule has 10 nitrogen and oxygen atoms in total. The third-order valence-corrected chi connectivity index (χ3v) is 8.02. The van der Waals surface area contributed by atoms with Crippen LogP contribution in [0, 0.1) is 17.0 Å². The molecule has 2 atom stereocenters. The number of hydrogen-bond acceptors (Lipinski definition) is 8. The molecule has 0 aliphatic carbocycles. The van der Waals surface area contributed by atoms with E-state index in [4.69, 9.17) is 4.74 Å². The molecule has 6 rings (SSSR count). The fourth-order valence-corrected chi connectivity index (χ4v) is 5.91. The fourth-order valence-electron chi connectivity index (χ4n) is 5.91. The van der Waals surface area contributed by atoms with Crippen molar-refractivity contribution >= 4 is 22.4 Å². The van der Waals surface area contributed by atoms with Crippen LogP contribution in [0.25, 0.3) is 10.9 Å². The number of nitrogens with one attached hydrogen (secondary N) is 1. The van der Waals surface area contributed by atoms with Gasteiger partial charge in [0.15, 0.2) is 11.6 Å². The summed E-state index contributed by atoms with van der Waals surface area (Å²) in [6.45, 7) is 4.54. The number of pyridine rings is 3. The zero-order valence-electron chi connectivity index (χ0n) is 22.4. The van der Waals surface area contributed by atoms with Crippen molar-refractivity contribution in [2.75, 3.05) is 24.7 Å². The molecule has 4 aromatic rings. The van der Waals surface area contributed by atoms with Crippen molar-refractivity contribution in [2.24, 2.45) is 0 Å². The Morgan fingerprint density at radius 1 is 1.15 bits per heavy atom. The Kier molecular flexibility index (Phi) is 7.27. The average molecular weight is 541 g/mol. The second-order valence-corrected chi connectivity index (χ2v) is 10.6. The summed E-state index contributed by atoms with van der Waals surface area (Å²) in [6.07, 6.45) is 8.07. The van der Waals surface area contributed by atoms with E-state index in [-0.39, 0.29) is 29.4 Å². The number of nitrogens with zero attached hydrogens (tertiary/aromatic N) is 5. The number of piperidine rings is 1. The van der Waals surface area contributed by atoms with E-state index in [1.54, 1.807) is 12.3 Å². The topological polar surface area (TPSA) is 115 Å². The van der Waals surface area contributed by atoms with E-state index in [1.165, 1.54) is 11.6 Å². The highest BCUT2D eigenvalue weighted by Gasteiger charge is 2.33. The molecule has 1 aromatic carbocycles. The molecule has 0 amide bonds. The molecular formula is C30H32N6O4. The number of hydrogen-bond donors (Lipinski definition) is 1. The molecule has 5 heterocycles. The first-order chi connectivity index (χ1) is 19.5. The van der Waals surface area contributed by atoms with Gasteiger partial charge in [0.1, 0.15) is 0 Å². The van der Waals surface area contributed by atoms with Crippen LogP contribution in [-0.4, -0.2) is 51.3 Å². The van der Waals surface area contributed by atoms with E-state index >= 15 is 0 Å². The van der Waals surface area contributed by atoms with Crippen molar-refractivity contribution in [1.82, 2.24) is 19.9 Å². The smallest absolute Gasteiger partial charge is 0.363 e. The zero-order valence-corrected chi connectivity index (χ0v) is 22.4. The lowest BCUT2D eigenvalue weighted by molar-refractivity contribution is -0.389. The highest BCUT2D eigenvalue weighted by Crippen LogP contribution is 2.29. The first kappa shape index (κ1) is 26.1. The van der Waals surface area contributed by atoms with Crippen LogP contribution in [-0.2, 0) is 17.7 Å². The summed E-state index contributed by atoms with van der Waals surface area (Å²) in [5, 5.41) is 15.6. The van der Waals surface area contributed by atoms with Crippen molar-refractivity contribution in [3.05, 3.63) is 104 Å². The maximum Gasteiger partial charge on any atom is 0.363 e. The predicted molar refractivity (Wildman–Crippen MR) is 153 cm³/mol. The number of ether oxygens (including phenoxy) is 1. The number of aromatic nitrogens is 3. The summed E-state index contributed by atoms with van der Waals surface area (Å²) >= 11 is 0. The quantitative estimate of drug-likeness (QED) is 0.264. The Labute approximate surface area is 231 Å². The minimum absolute atomic E-state index is 0.0492. The van der Waals surface area contributed by atoms with Gasteiger partial charge >= 0.3 is 5.82 Å². The van der Waals surface area contributed by atoms with Gasteiger partial charge in [-0.1, -0.05) is 12.1 Å². The van der Waals surface area contributed by atoms with Gasteiger partial charge in [0.2, 0.25) is 0 Å². The molecule has 0 radical (unpaired) electrons. The van der Waals surface area contributed by atoms with Crippen LogP contribution in [0.1, 0.15) is 35.7 Å². The van der Waals surface area contributed by atoms with E-state index in [1.807, 2.05) is 49.6 Å². The van der Waals surface area contributed by atoms with Crippen molar-refractivity contribution in [1.29, 1.82) is 0 Å². The number of nitro groups is 1. The number of aryl methyl sites for hydroxylation is 1. The van der Waals surface area contributed by atoms with Gasteiger partial charge in [-0.2, -0.15) is 0 Å². The molecule has 2 saturated heterocycles. The van der Waals surface area contributed by atoms with Crippen LogP contribution in [0.4, 0.5) is 11.5 Å². The van der Waals surface area contributed by atoms with Crippen molar-refractivity contribution < 1.29 is 9.66 Å². The standard InChI is InChI=1S/C30H32N6O4/c1-20-13-21(10-11-31-20)14-28-26(6-4-12-34(28)23-8-9-29(33-16-23)36(38)39)32-15-22-17-35(24-18-40-19-24)27-7-3-2-5-25(27)30(22)37/h2-3,5,7-11,13,16-17,24,26,28,32H,4,6,12,14-15,18-19H2,1H3/t26-,28?/m0/s1. The fraction of sp³-hybridized carbons (Fsp3) is 0.367. The summed E-state index contributed by atoms with van der Waals surface area (Å²) in [5.74, 6) is -0.166. The Morgan fingerprint density at radius 2 is 2.00 bits per heavy atom. The minimum Gasteiger partial charge on any atom is -0.377 e. The average Bonchev–Trinajstić information content (AvgIpc) is 2.93. The third-order valence-electron chi connectivity index (χ3n) is 8.02. The normalized spacial score (nSPS) is 19.5. The van der Waals surface area contributed by atoms with Gasteiger partial charge in [-0.3, -0.25) is 9.78 Å². The van der Waals surface area contributed by atoms with Crippen LogP contribution >= 0.6 is 0 Å². The zero-order chi connectivity index (χ0) is 27.6. The summed E-state index contributed by atoms with van der Waals surface area (Å²) < 4.78 is 7.63. The second kappa shape index (κ2) is 11.1. The number of anilines is 1. The highest BCUT2D eigenvalue weighted by atomic mass is 16.6. The largest absolute Gasteiger partial charge is 0.377 e. The van der Waals surface area contributed by atoms with Crippen LogP contribution in [0.5, 0.6) is 0 Å². The minimum atomic E-state index is -0.479. The first-order valence-corrected chi connectivity index (χ1v) is 13.7. The summed E-state index contributed by atoms with van der Waals surface area (Å²) in [7, 11) is 0. The molecule has 0 bridgehead atoms. The lowest BCUT2D eigenvalue weighted by Crippen LogP contribution is -2.55. The molecule has 40 heavy (non-hydrogen) atoms. The van der Waals surface area contributed by atoms with Crippen LogP contribution in [0.3, 0.4) is 0 Å². The molecular weight excluding hydrogens is 508 g/mol.